The van der Waals surface area contributed by atoms with Crippen molar-refractivity contribution in [1.82, 2.24) is 0 Å². The highest BCUT2D eigenvalue weighted by Crippen LogP contribution is 2.39. The van der Waals surface area contributed by atoms with Gasteiger partial charge in [-0.1, -0.05) is 0 Å². The Hall–Kier alpha value is -0.610. The van der Waals surface area contributed by atoms with Gasteiger partial charge >= 0.3 is 5.97 Å². The second-order valence-electron chi connectivity index (χ2n) is 4.33. The molecule has 0 amide bonds. The number of ether oxygens (including phenoxy) is 3. The van der Waals surface area contributed by atoms with Crippen molar-refractivity contribution in [3.8, 4) is 0 Å². The predicted octanol–water partition coefficient (Wildman–Crippen LogP) is 1.48. The first kappa shape index (κ1) is 10.9. The van der Waals surface area contributed by atoms with E-state index in [1.807, 2.05) is 0 Å². The Morgan fingerprint density at radius 3 is 2.47 bits per heavy atom. The van der Waals surface area contributed by atoms with Crippen LogP contribution in [0.25, 0.3) is 0 Å². The molecule has 1 saturated carbocycles. The molecule has 4 nitrogen and oxygen atoms in total. The van der Waals surface area contributed by atoms with E-state index in [-0.39, 0.29) is 11.8 Å². The quantitative estimate of drug-likeness (QED) is 0.653. The molecule has 1 heterocycles. The summed E-state index contributed by atoms with van der Waals surface area (Å²) in [4.78, 5) is 11.1. The van der Waals surface area contributed by atoms with Gasteiger partial charge in [0.25, 0.3) is 0 Å². The van der Waals surface area contributed by atoms with Gasteiger partial charge in [0.2, 0.25) is 0 Å². The number of esters is 1. The lowest BCUT2D eigenvalue weighted by Crippen LogP contribution is -2.35. The second kappa shape index (κ2) is 4.49. The smallest absolute Gasteiger partial charge is 0.305 e. The third-order valence-electron chi connectivity index (χ3n) is 3.36. The lowest BCUT2D eigenvalue weighted by Gasteiger charge is -2.34. The minimum atomic E-state index is -0.313. The standard InChI is InChI=1S/C11H18O4/c1-13-10(12)8-9-2-4-11(5-3-9)14-6-7-15-11/h9H,2-8H2,1H3. The van der Waals surface area contributed by atoms with E-state index in [4.69, 9.17) is 9.47 Å². The highest BCUT2D eigenvalue weighted by Gasteiger charge is 2.40. The molecule has 86 valence electrons. The fourth-order valence-corrected chi connectivity index (χ4v) is 2.43. The molecule has 2 rings (SSSR count). The van der Waals surface area contributed by atoms with Crippen LogP contribution in [0.3, 0.4) is 0 Å². The highest BCUT2D eigenvalue weighted by atomic mass is 16.7. The van der Waals surface area contributed by atoms with Crippen molar-refractivity contribution < 1.29 is 19.0 Å². The van der Waals surface area contributed by atoms with Gasteiger partial charge in [0.15, 0.2) is 5.79 Å². The van der Waals surface area contributed by atoms with Gasteiger partial charge in [0, 0.05) is 19.3 Å². The molecule has 0 aromatic rings. The van der Waals surface area contributed by atoms with Gasteiger partial charge in [0.1, 0.15) is 0 Å². The lowest BCUT2D eigenvalue weighted by molar-refractivity contribution is -0.184. The van der Waals surface area contributed by atoms with Gasteiger partial charge in [0.05, 0.1) is 20.3 Å². The molecule has 0 bridgehead atoms. The molecule has 0 radical (unpaired) electrons. The normalized spacial score (nSPS) is 25.7. The summed E-state index contributed by atoms with van der Waals surface area (Å²) in [6, 6.07) is 0. The molecule has 1 aliphatic heterocycles. The summed E-state index contributed by atoms with van der Waals surface area (Å²) in [5.74, 6) is 0.0205. The molecule has 2 fully saturated rings. The van der Waals surface area contributed by atoms with E-state index in [0.717, 1.165) is 25.7 Å². The van der Waals surface area contributed by atoms with Crippen LogP contribution in [0.2, 0.25) is 0 Å². The number of rotatable bonds is 2. The van der Waals surface area contributed by atoms with Crippen LogP contribution >= 0.6 is 0 Å². The van der Waals surface area contributed by atoms with E-state index >= 15 is 0 Å². The molecule has 0 N–H and O–H groups in total. The number of methoxy groups -OCH3 is 1. The summed E-state index contributed by atoms with van der Waals surface area (Å²) in [5, 5.41) is 0. The SMILES string of the molecule is COC(=O)CC1CCC2(CC1)OCCO2. The van der Waals surface area contributed by atoms with Crippen molar-refractivity contribution in [2.45, 2.75) is 37.9 Å². The van der Waals surface area contributed by atoms with E-state index in [1.165, 1.54) is 7.11 Å². The van der Waals surface area contributed by atoms with E-state index in [0.29, 0.717) is 25.6 Å². The summed E-state index contributed by atoms with van der Waals surface area (Å²) in [7, 11) is 1.44. The van der Waals surface area contributed by atoms with Gasteiger partial charge in [-0.3, -0.25) is 4.79 Å². The van der Waals surface area contributed by atoms with Crippen molar-refractivity contribution in [3.05, 3.63) is 0 Å². The van der Waals surface area contributed by atoms with Crippen molar-refractivity contribution in [3.63, 3.8) is 0 Å². The number of hydrogen-bond acceptors (Lipinski definition) is 4. The van der Waals surface area contributed by atoms with Crippen LogP contribution < -0.4 is 0 Å². The van der Waals surface area contributed by atoms with Gasteiger partial charge in [-0.15, -0.1) is 0 Å². The lowest BCUT2D eigenvalue weighted by atomic mass is 9.83. The summed E-state index contributed by atoms with van der Waals surface area (Å²) in [5.41, 5.74) is 0. The molecule has 0 unspecified atom stereocenters. The molecule has 2 aliphatic rings. The molecule has 0 aromatic heterocycles. The molecule has 1 saturated heterocycles. The van der Waals surface area contributed by atoms with E-state index < -0.39 is 0 Å². The Morgan fingerprint density at radius 1 is 1.33 bits per heavy atom. The van der Waals surface area contributed by atoms with E-state index in [2.05, 4.69) is 4.74 Å². The molecular formula is C11H18O4. The first-order valence-corrected chi connectivity index (χ1v) is 5.59. The van der Waals surface area contributed by atoms with Gasteiger partial charge in [-0.2, -0.15) is 0 Å². The highest BCUT2D eigenvalue weighted by molar-refractivity contribution is 5.69. The Balaban J connectivity index is 1.79. The zero-order valence-electron chi connectivity index (χ0n) is 9.16. The Bertz CT molecular complexity index is 223. The monoisotopic (exact) mass is 214 g/mol. The van der Waals surface area contributed by atoms with Gasteiger partial charge in [-0.25, -0.2) is 0 Å². The van der Waals surface area contributed by atoms with Crippen LogP contribution in [0.15, 0.2) is 0 Å². The summed E-state index contributed by atoms with van der Waals surface area (Å²) in [6.45, 7) is 1.42. The third kappa shape index (κ3) is 2.49. The average Bonchev–Trinajstić information content (AvgIpc) is 2.70. The molecule has 1 spiro atoms. The molecular weight excluding hydrogens is 196 g/mol. The minimum absolute atomic E-state index is 0.107. The minimum Gasteiger partial charge on any atom is -0.469 e. The maximum absolute atomic E-state index is 11.1. The van der Waals surface area contributed by atoms with Crippen molar-refractivity contribution in [2.24, 2.45) is 5.92 Å². The summed E-state index contributed by atoms with van der Waals surface area (Å²) in [6.07, 6.45) is 4.35. The third-order valence-corrected chi connectivity index (χ3v) is 3.36. The topological polar surface area (TPSA) is 44.8 Å². The fraction of sp³-hybridized carbons (Fsp3) is 0.909. The van der Waals surface area contributed by atoms with Crippen LogP contribution in [0.1, 0.15) is 32.1 Å². The second-order valence-corrected chi connectivity index (χ2v) is 4.33. The van der Waals surface area contributed by atoms with Crippen molar-refractivity contribution >= 4 is 5.97 Å². The van der Waals surface area contributed by atoms with Crippen LogP contribution in [0, 0.1) is 5.92 Å². The van der Waals surface area contributed by atoms with Gasteiger partial charge < -0.3 is 14.2 Å². The van der Waals surface area contributed by atoms with Crippen LogP contribution in [-0.2, 0) is 19.0 Å². The molecule has 4 heteroatoms. The number of carbonyl (C=O) groups is 1. The maximum Gasteiger partial charge on any atom is 0.305 e. The first-order chi connectivity index (χ1) is 7.24. The largest absolute Gasteiger partial charge is 0.469 e. The van der Waals surface area contributed by atoms with Crippen molar-refractivity contribution in [2.75, 3.05) is 20.3 Å². The van der Waals surface area contributed by atoms with Crippen LogP contribution in [-0.4, -0.2) is 32.1 Å². The summed E-state index contributed by atoms with van der Waals surface area (Å²) >= 11 is 0. The van der Waals surface area contributed by atoms with E-state index in [1.54, 1.807) is 0 Å². The van der Waals surface area contributed by atoms with Gasteiger partial charge in [-0.05, 0) is 18.8 Å². The maximum atomic E-state index is 11.1. The predicted molar refractivity (Wildman–Crippen MR) is 53.2 cm³/mol. The van der Waals surface area contributed by atoms with Crippen LogP contribution in [0.5, 0.6) is 0 Å². The molecule has 1 aliphatic carbocycles. The molecule has 15 heavy (non-hydrogen) atoms. The molecule has 0 atom stereocenters. The zero-order chi connectivity index (χ0) is 10.7. The van der Waals surface area contributed by atoms with Crippen LogP contribution in [0.4, 0.5) is 0 Å². The van der Waals surface area contributed by atoms with Crippen molar-refractivity contribution in [1.29, 1.82) is 0 Å². The Labute approximate surface area is 89.9 Å². The Kier molecular flexibility index (Phi) is 3.26. The number of carbonyl (C=O) groups excluding carboxylic acids is 1. The zero-order valence-corrected chi connectivity index (χ0v) is 9.16. The Morgan fingerprint density at radius 2 is 1.93 bits per heavy atom. The number of hydrogen-bond donors (Lipinski definition) is 0. The summed E-state index contributed by atoms with van der Waals surface area (Å²) < 4.78 is 15.9. The van der Waals surface area contributed by atoms with E-state index in [9.17, 15) is 4.79 Å². The first-order valence-electron chi connectivity index (χ1n) is 5.59. The molecule has 0 aromatic carbocycles. The fourth-order valence-electron chi connectivity index (χ4n) is 2.43. The average molecular weight is 214 g/mol.